The smallest absolute Gasteiger partial charge is 0.359 e. The van der Waals surface area contributed by atoms with E-state index in [9.17, 15) is 19.5 Å². The first-order chi connectivity index (χ1) is 17.8. The van der Waals surface area contributed by atoms with Gasteiger partial charge < -0.3 is 21.0 Å². The Morgan fingerprint density at radius 2 is 2.11 bits per heavy atom. The van der Waals surface area contributed by atoms with E-state index in [0.717, 1.165) is 48.3 Å². The first-order valence-corrected chi connectivity index (χ1v) is 13.5. The molecule has 37 heavy (non-hydrogen) atoms. The highest BCUT2D eigenvalue weighted by Crippen LogP contribution is 2.44. The number of aryl methyl sites for hydroxylation is 2. The number of nitrogens with two attached hydrogens (primary N) is 1. The van der Waals surface area contributed by atoms with Crippen LogP contribution in [0.3, 0.4) is 0 Å². The summed E-state index contributed by atoms with van der Waals surface area (Å²) < 4.78 is 5.58. The van der Waals surface area contributed by atoms with Crippen LogP contribution in [0.1, 0.15) is 43.6 Å². The number of oxime groups is 1. The van der Waals surface area contributed by atoms with Crippen molar-refractivity contribution in [2.45, 2.75) is 56.2 Å². The number of fused-ring (bicyclic) bond motifs is 2. The number of aromatic nitrogens is 4. The highest BCUT2D eigenvalue weighted by molar-refractivity contribution is 8.01. The van der Waals surface area contributed by atoms with E-state index in [4.69, 9.17) is 10.6 Å². The van der Waals surface area contributed by atoms with Crippen molar-refractivity contribution in [3.8, 4) is 0 Å². The standard InChI is InChI=1S/C22H24N8O5S2/c1-3-35-27-13(17-26-22(23)37-28-17)18(31)25-14-19(32)30-16(21(33)34)15(10(2)36-20(14)30)29-9-12-7-5-4-6-11(12)8-24-29/h8-10,14,20H,3-7H2,1-2H3,(H3-,23,25,26,28,31,33,34)/p+1/t10?,14?,20-/m1/s1. The first-order valence-electron chi connectivity index (χ1n) is 11.8. The number of carbonyl (C=O) groups excluding carboxylic acids is 2. The summed E-state index contributed by atoms with van der Waals surface area (Å²) in [5.74, 6) is -2.54. The molecule has 0 radical (unpaired) electrons. The van der Waals surface area contributed by atoms with Crippen LogP contribution in [0.4, 0.5) is 5.13 Å². The zero-order valence-corrected chi connectivity index (χ0v) is 21.7. The van der Waals surface area contributed by atoms with Crippen molar-refractivity contribution in [2.75, 3.05) is 12.3 Å². The van der Waals surface area contributed by atoms with Crippen LogP contribution in [0.15, 0.2) is 23.2 Å². The molecule has 2 amide bonds. The Labute approximate surface area is 219 Å². The van der Waals surface area contributed by atoms with E-state index in [0.29, 0.717) is 5.70 Å². The number of hydrogen-bond acceptors (Lipinski definition) is 11. The van der Waals surface area contributed by atoms with Crippen molar-refractivity contribution >= 4 is 57.6 Å². The van der Waals surface area contributed by atoms with Gasteiger partial charge in [0.1, 0.15) is 18.0 Å². The van der Waals surface area contributed by atoms with Gasteiger partial charge in [-0.05, 0) is 50.2 Å². The molecule has 2 aromatic rings. The predicted octanol–water partition coefficient (Wildman–Crippen LogP) is 0.164. The third-order valence-corrected chi connectivity index (χ3v) is 8.25. The number of carboxylic acids is 1. The summed E-state index contributed by atoms with van der Waals surface area (Å²) in [6.45, 7) is 3.76. The van der Waals surface area contributed by atoms with Crippen molar-refractivity contribution in [3.05, 3.63) is 35.0 Å². The van der Waals surface area contributed by atoms with Gasteiger partial charge in [0.2, 0.25) is 23.4 Å². The number of thioether (sulfide) groups is 1. The molecule has 2 aromatic heterocycles. The van der Waals surface area contributed by atoms with Crippen LogP contribution < -0.4 is 15.7 Å². The first kappa shape index (κ1) is 25.1. The van der Waals surface area contributed by atoms with E-state index in [2.05, 4.69) is 24.9 Å². The van der Waals surface area contributed by atoms with Crippen molar-refractivity contribution in [1.29, 1.82) is 0 Å². The Hall–Kier alpha value is -3.59. The molecule has 2 aliphatic heterocycles. The molecule has 1 saturated heterocycles. The minimum atomic E-state index is -1.24. The Morgan fingerprint density at radius 3 is 2.78 bits per heavy atom. The van der Waals surface area contributed by atoms with Gasteiger partial charge in [-0.2, -0.15) is 9.36 Å². The number of hydrogen-bond donors (Lipinski definition) is 3. The summed E-state index contributed by atoms with van der Waals surface area (Å²) in [4.78, 5) is 48.8. The lowest BCUT2D eigenvalue weighted by Crippen LogP contribution is -2.72. The molecule has 13 nitrogen and oxygen atoms in total. The number of anilines is 1. The highest BCUT2D eigenvalue weighted by atomic mass is 32.2. The summed E-state index contributed by atoms with van der Waals surface area (Å²) in [6, 6.07) is -0.972. The second-order valence-corrected chi connectivity index (χ2v) is 10.9. The molecule has 3 atom stereocenters. The van der Waals surface area contributed by atoms with Gasteiger partial charge in [-0.15, -0.1) is 11.8 Å². The van der Waals surface area contributed by atoms with Crippen LogP contribution in [-0.2, 0) is 32.1 Å². The van der Waals surface area contributed by atoms with E-state index in [1.54, 1.807) is 17.8 Å². The molecule has 5 rings (SSSR count). The lowest BCUT2D eigenvalue weighted by Gasteiger charge is -2.49. The van der Waals surface area contributed by atoms with Crippen LogP contribution in [0.5, 0.6) is 0 Å². The average molecular weight is 546 g/mol. The molecule has 194 valence electrons. The number of nitrogens with one attached hydrogen (secondary N) is 1. The Morgan fingerprint density at radius 1 is 1.35 bits per heavy atom. The van der Waals surface area contributed by atoms with Gasteiger partial charge in [-0.25, -0.2) is 4.79 Å². The highest BCUT2D eigenvalue weighted by Gasteiger charge is 2.58. The van der Waals surface area contributed by atoms with E-state index in [-0.39, 0.29) is 34.2 Å². The minimum Gasteiger partial charge on any atom is -0.476 e. The van der Waals surface area contributed by atoms with Crippen molar-refractivity contribution in [2.24, 2.45) is 5.16 Å². The second kappa shape index (κ2) is 10.0. The third-order valence-electron chi connectivity index (χ3n) is 6.32. The quantitative estimate of drug-likeness (QED) is 0.188. The molecular weight excluding hydrogens is 520 g/mol. The van der Waals surface area contributed by atoms with E-state index < -0.39 is 29.2 Å². The molecule has 0 bridgehead atoms. The molecule has 1 fully saturated rings. The summed E-state index contributed by atoms with van der Waals surface area (Å²) >= 11 is 2.26. The largest absolute Gasteiger partial charge is 0.476 e. The fourth-order valence-electron chi connectivity index (χ4n) is 4.62. The normalized spacial score (nSPS) is 23.2. The number of amides is 2. The summed E-state index contributed by atoms with van der Waals surface area (Å²) in [6.07, 6.45) is 7.68. The van der Waals surface area contributed by atoms with Crippen LogP contribution in [-0.4, -0.2) is 71.2 Å². The lowest BCUT2D eigenvalue weighted by molar-refractivity contribution is -0.649. The summed E-state index contributed by atoms with van der Waals surface area (Å²) in [5, 5.41) is 20.2. The van der Waals surface area contributed by atoms with Crippen molar-refractivity contribution < 1.29 is 29.0 Å². The molecule has 4 heterocycles. The molecule has 0 saturated carbocycles. The Balaban J connectivity index is 1.43. The number of rotatable bonds is 7. The third kappa shape index (κ3) is 4.52. The monoisotopic (exact) mass is 545 g/mol. The van der Waals surface area contributed by atoms with Gasteiger partial charge >= 0.3 is 5.97 Å². The molecule has 0 spiro atoms. The van der Waals surface area contributed by atoms with Gasteiger partial charge in [0.15, 0.2) is 5.13 Å². The molecule has 0 aromatic carbocycles. The van der Waals surface area contributed by atoms with Crippen LogP contribution in [0.2, 0.25) is 0 Å². The molecule has 3 aliphatic rings. The van der Waals surface area contributed by atoms with Gasteiger partial charge in [-0.1, -0.05) is 9.84 Å². The number of aliphatic carboxylic acids is 1. The maximum Gasteiger partial charge on any atom is 0.359 e. The minimum absolute atomic E-state index is 0.0231. The molecule has 1 aliphatic carbocycles. The molecule has 15 heteroatoms. The van der Waals surface area contributed by atoms with Gasteiger partial charge in [0.25, 0.3) is 17.5 Å². The number of nitrogen functional groups attached to an aromatic ring is 1. The second-order valence-electron chi connectivity index (χ2n) is 8.66. The fourth-order valence-corrected chi connectivity index (χ4v) is 6.49. The number of β-lactam (4-membered cyclic amide) rings is 1. The Bertz CT molecular complexity index is 1340. The van der Waals surface area contributed by atoms with Crippen LogP contribution in [0, 0.1) is 0 Å². The van der Waals surface area contributed by atoms with E-state index in [1.807, 2.05) is 13.1 Å². The van der Waals surface area contributed by atoms with E-state index in [1.165, 1.54) is 16.7 Å². The van der Waals surface area contributed by atoms with Gasteiger partial charge in [0, 0.05) is 17.1 Å². The number of nitrogens with zero attached hydrogens (tertiary/aromatic N) is 6. The maximum absolute atomic E-state index is 13.2. The van der Waals surface area contributed by atoms with Crippen molar-refractivity contribution in [1.82, 2.24) is 24.7 Å². The topological polar surface area (TPSA) is 177 Å². The maximum atomic E-state index is 13.2. The SMILES string of the molecule is CCON=C(C(=O)NC1C(=O)N2C(C(=O)O)=C([n+]3cc4c(cn3)CCCC4)C(C)S[C@H]12)c1nsc(N)n1. The number of carbonyl (C=O) groups is 3. The molecular formula is C22H25N8O5S2+. The average Bonchev–Trinajstić information content (AvgIpc) is 3.32. The summed E-state index contributed by atoms with van der Waals surface area (Å²) in [7, 11) is 0. The summed E-state index contributed by atoms with van der Waals surface area (Å²) in [5.41, 5.74) is 7.99. The van der Waals surface area contributed by atoms with Gasteiger partial charge in [-0.3, -0.25) is 14.5 Å². The fraction of sp³-hybridized carbons (Fsp3) is 0.455. The number of carboxylic acid groups (broad SMARTS) is 1. The van der Waals surface area contributed by atoms with Gasteiger partial charge in [0.05, 0.1) is 11.4 Å². The van der Waals surface area contributed by atoms with Crippen LogP contribution >= 0.6 is 23.3 Å². The van der Waals surface area contributed by atoms with Crippen molar-refractivity contribution in [3.63, 3.8) is 0 Å². The predicted molar refractivity (Wildman–Crippen MR) is 134 cm³/mol. The molecule has 2 unspecified atom stereocenters. The van der Waals surface area contributed by atoms with Crippen LogP contribution in [0.25, 0.3) is 5.70 Å². The zero-order chi connectivity index (χ0) is 26.3. The Kier molecular flexibility index (Phi) is 6.81. The lowest BCUT2D eigenvalue weighted by atomic mass is 9.94. The van der Waals surface area contributed by atoms with E-state index >= 15 is 0 Å². The molecule has 4 N–H and O–H groups in total. The zero-order valence-electron chi connectivity index (χ0n) is 20.1.